The van der Waals surface area contributed by atoms with Crippen LogP contribution in [0.5, 0.6) is 0 Å². The Morgan fingerprint density at radius 1 is 1.06 bits per heavy atom. The van der Waals surface area contributed by atoms with Crippen LogP contribution in [-0.2, 0) is 0 Å². The van der Waals surface area contributed by atoms with Crippen LogP contribution in [0.1, 0.15) is 29.6 Å². The van der Waals surface area contributed by atoms with Crippen LogP contribution in [0.4, 0.5) is 0 Å². The van der Waals surface area contributed by atoms with Crippen molar-refractivity contribution < 1.29 is 4.79 Å². The van der Waals surface area contributed by atoms with Crippen molar-refractivity contribution in [1.29, 1.82) is 0 Å². The Morgan fingerprint density at radius 3 is 2.33 bits per heavy atom. The summed E-state index contributed by atoms with van der Waals surface area (Å²) in [5, 5.41) is 0. The first-order chi connectivity index (χ1) is 8.65. The van der Waals surface area contributed by atoms with E-state index in [1.165, 1.54) is 0 Å². The summed E-state index contributed by atoms with van der Waals surface area (Å²) in [7, 11) is 0. The number of aromatic amines is 2. The maximum Gasteiger partial charge on any atom is 0.314 e. The number of Topliss-reactive ketones (excluding diaryl/α,β-unsaturated/α-hetero) is 1. The van der Waals surface area contributed by atoms with Gasteiger partial charge in [0.1, 0.15) is 0 Å². The van der Waals surface area contributed by atoms with Crippen LogP contribution in [0.15, 0.2) is 27.8 Å². The molecule has 0 unspecified atom stereocenters. The van der Waals surface area contributed by atoms with E-state index in [1.54, 1.807) is 18.2 Å². The van der Waals surface area contributed by atoms with Gasteiger partial charge < -0.3 is 9.97 Å². The zero-order valence-electron chi connectivity index (χ0n) is 9.66. The number of hydrogen-bond acceptors (Lipinski definition) is 3. The number of H-pyrrole nitrogens is 2. The molecule has 0 amide bonds. The number of aromatic nitrogens is 2. The molecule has 1 heterocycles. The Labute approximate surface area is 102 Å². The molecule has 0 spiro atoms. The summed E-state index contributed by atoms with van der Waals surface area (Å²) < 4.78 is 0. The Morgan fingerprint density at radius 2 is 1.72 bits per heavy atom. The van der Waals surface area contributed by atoms with Crippen molar-refractivity contribution in [3.8, 4) is 0 Å². The van der Waals surface area contributed by atoms with Crippen molar-refractivity contribution in [2.45, 2.75) is 19.3 Å². The van der Waals surface area contributed by atoms with Gasteiger partial charge in [-0.1, -0.05) is 6.42 Å². The molecule has 5 heteroatoms. The number of benzene rings is 1. The van der Waals surface area contributed by atoms with E-state index in [9.17, 15) is 14.4 Å². The molecular weight excluding hydrogens is 232 g/mol. The van der Waals surface area contributed by atoms with Gasteiger partial charge in [-0.15, -0.1) is 0 Å². The molecule has 1 saturated carbocycles. The van der Waals surface area contributed by atoms with Crippen molar-refractivity contribution >= 4 is 16.8 Å². The predicted octanol–water partition coefficient (Wildman–Crippen LogP) is 1.20. The summed E-state index contributed by atoms with van der Waals surface area (Å²) in [5.41, 5.74) is 0.237. The van der Waals surface area contributed by atoms with Gasteiger partial charge in [0.2, 0.25) is 0 Å². The van der Waals surface area contributed by atoms with Crippen LogP contribution in [0, 0.1) is 5.92 Å². The predicted molar refractivity (Wildman–Crippen MR) is 66.9 cm³/mol. The van der Waals surface area contributed by atoms with Crippen molar-refractivity contribution in [3.05, 3.63) is 44.5 Å². The molecule has 92 valence electrons. The van der Waals surface area contributed by atoms with E-state index in [4.69, 9.17) is 0 Å². The van der Waals surface area contributed by atoms with E-state index in [1.807, 2.05) is 0 Å². The molecule has 0 bridgehead atoms. The van der Waals surface area contributed by atoms with Gasteiger partial charge in [0.05, 0.1) is 11.0 Å². The zero-order chi connectivity index (χ0) is 12.7. The summed E-state index contributed by atoms with van der Waals surface area (Å²) in [6.45, 7) is 0. The first kappa shape index (κ1) is 11.0. The second-order valence-corrected chi connectivity index (χ2v) is 4.66. The van der Waals surface area contributed by atoms with Gasteiger partial charge in [-0.05, 0) is 31.0 Å². The fourth-order valence-corrected chi connectivity index (χ4v) is 2.17. The van der Waals surface area contributed by atoms with Crippen LogP contribution in [0.3, 0.4) is 0 Å². The van der Waals surface area contributed by atoms with Crippen LogP contribution in [0.2, 0.25) is 0 Å². The lowest BCUT2D eigenvalue weighted by molar-refractivity contribution is 0.0855. The minimum absolute atomic E-state index is 0.121. The van der Waals surface area contributed by atoms with Crippen molar-refractivity contribution in [2.75, 3.05) is 0 Å². The molecule has 3 rings (SSSR count). The van der Waals surface area contributed by atoms with E-state index >= 15 is 0 Å². The molecule has 1 aliphatic carbocycles. The van der Waals surface area contributed by atoms with E-state index in [-0.39, 0.29) is 11.7 Å². The molecule has 2 N–H and O–H groups in total. The number of fused-ring (bicyclic) bond motifs is 1. The van der Waals surface area contributed by atoms with E-state index in [2.05, 4.69) is 9.97 Å². The Kier molecular flexibility index (Phi) is 2.40. The highest BCUT2D eigenvalue weighted by molar-refractivity contribution is 6.00. The molecule has 18 heavy (non-hydrogen) atoms. The fraction of sp³-hybridized carbons (Fsp3) is 0.308. The summed E-state index contributed by atoms with van der Waals surface area (Å²) in [6.07, 6.45) is 2.99. The number of carbonyl (C=O) groups excluding carboxylic acids is 1. The fourth-order valence-electron chi connectivity index (χ4n) is 2.17. The molecular formula is C13H12N2O3. The van der Waals surface area contributed by atoms with Crippen LogP contribution >= 0.6 is 0 Å². The molecule has 1 fully saturated rings. The third kappa shape index (κ3) is 1.68. The standard InChI is InChI=1S/C13H12N2O3/c16-11(7-2-1-3-7)8-4-5-9-10(6-8)15-13(18)12(17)14-9/h4-7H,1-3H2,(H,14,17)(H,15,18). The first-order valence-electron chi connectivity index (χ1n) is 5.96. The molecule has 2 aromatic rings. The smallest absolute Gasteiger partial charge is 0.314 e. The lowest BCUT2D eigenvalue weighted by Crippen LogP contribution is -2.29. The second kappa shape index (κ2) is 3.94. The van der Waals surface area contributed by atoms with E-state index in [0.29, 0.717) is 16.6 Å². The van der Waals surface area contributed by atoms with Crippen molar-refractivity contribution in [1.82, 2.24) is 9.97 Å². The SMILES string of the molecule is O=C(c1ccc2[nH]c(=O)c(=O)[nH]c2c1)C1CCC1. The van der Waals surface area contributed by atoms with Gasteiger partial charge >= 0.3 is 11.1 Å². The quantitative estimate of drug-likeness (QED) is 0.615. The van der Waals surface area contributed by atoms with Gasteiger partial charge in [-0.3, -0.25) is 14.4 Å². The van der Waals surface area contributed by atoms with Crippen LogP contribution < -0.4 is 11.1 Å². The third-order valence-electron chi connectivity index (χ3n) is 3.48. The van der Waals surface area contributed by atoms with Crippen molar-refractivity contribution in [2.24, 2.45) is 5.92 Å². The van der Waals surface area contributed by atoms with Gasteiger partial charge in [-0.2, -0.15) is 0 Å². The topological polar surface area (TPSA) is 82.8 Å². The monoisotopic (exact) mass is 244 g/mol. The molecule has 0 radical (unpaired) electrons. The van der Waals surface area contributed by atoms with Gasteiger partial charge in [0.25, 0.3) is 0 Å². The second-order valence-electron chi connectivity index (χ2n) is 4.66. The van der Waals surface area contributed by atoms with Gasteiger partial charge in [-0.25, -0.2) is 0 Å². The van der Waals surface area contributed by atoms with Crippen LogP contribution in [0.25, 0.3) is 11.0 Å². The summed E-state index contributed by atoms with van der Waals surface area (Å²) in [4.78, 5) is 39.4. The molecule has 0 aliphatic heterocycles. The number of ketones is 1. The highest BCUT2D eigenvalue weighted by Crippen LogP contribution is 2.30. The Balaban J connectivity index is 2.10. The maximum absolute atomic E-state index is 12.1. The zero-order valence-corrected chi connectivity index (χ0v) is 9.66. The highest BCUT2D eigenvalue weighted by Gasteiger charge is 2.26. The largest absolute Gasteiger partial charge is 0.316 e. The lowest BCUT2D eigenvalue weighted by Gasteiger charge is -2.23. The molecule has 1 aromatic heterocycles. The maximum atomic E-state index is 12.1. The molecule has 1 aliphatic rings. The molecule has 1 aromatic carbocycles. The van der Waals surface area contributed by atoms with E-state index in [0.717, 1.165) is 19.3 Å². The first-order valence-corrected chi connectivity index (χ1v) is 5.96. The normalized spacial score (nSPS) is 15.6. The van der Waals surface area contributed by atoms with Crippen LogP contribution in [-0.4, -0.2) is 15.8 Å². The molecule has 0 atom stereocenters. The number of nitrogens with one attached hydrogen (secondary N) is 2. The molecule has 0 saturated heterocycles. The number of carbonyl (C=O) groups is 1. The average molecular weight is 244 g/mol. The number of hydrogen-bond donors (Lipinski definition) is 2. The minimum atomic E-state index is -0.698. The summed E-state index contributed by atoms with van der Waals surface area (Å²) in [5.74, 6) is 0.243. The Bertz CT molecular complexity index is 738. The third-order valence-corrected chi connectivity index (χ3v) is 3.48. The average Bonchev–Trinajstić information content (AvgIpc) is 2.27. The van der Waals surface area contributed by atoms with Gasteiger partial charge in [0, 0.05) is 11.5 Å². The molecule has 5 nitrogen and oxygen atoms in total. The Hall–Kier alpha value is -2.17. The highest BCUT2D eigenvalue weighted by atomic mass is 16.2. The van der Waals surface area contributed by atoms with Crippen molar-refractivity contribution in [3.63, 3.8) is 0 Å². The lowest BCUT2D eigenvalue weighted by atomic mass is 9.80. The summed E-state index contributed by atoms with van der Waals surface area (Å²) >= 11 is 0. The summed E-state index contributed by atoms with van der Waals surface area (Å²) in [6, 6.07) is 4.98. The van der Waals surface area contributed by atoms with E-state index < -0.39 is 11.1 Å². The van der Waals surface area contributed by atoms with Gasteiger partial charge in [0.15, 0.2) is 5.78 Å². The minimum Gasteiger partial charge on any atom is -0.316 e. The number of rotatable bonds is 2.